The molecule has 1 aromatic rings. The Labute approximate surface area is 80.0 Å². The molecule has 68 valence electrons. The maximum Gasteiger partial charge on any atom is 0.0700 e. The van der Waals surface area contributed by atoms with E-state index in [4.69, 9.17) is 5.26 Å². The molecule has 0 aliphatic rings. The third-order valence-corrected chi connectivity index (χ3v) is 2.64. The van der Waals surface area contributed by atoms with Crippen LogP contribution in [-0.2, 0) is 0 Å². The predicted octanol–water partition coefficient (Wildman–Crippen LogP) is 3.24. The van der Waals surface area contributed by atoms with Crippen LogP contribution in [-0.4, -0.2) is 0 Å². The van der Waals surface area contributed by atoms with Crippen molar-refractivity contribution in [1.82, 2.24) is 0 Å². The zero-order valence-corrected chi connectivity index (χ0v) is 8.68. The summed E-state index contributed by atoms with van der Waals surface area (Å²) >= 11 is 0. The molecular formula is C12H15N. The average molecular weight is 173 g/mol. The predicted molar refractivity (Wildman–Crippen MR) is 54.7 cm³/mol. The lowest BCUT2D eigenvalue weighted by Crippen LogP contribution is -1.94. The Morgan fingerprint density at radius 1 is 1.15 bits per heavy atom. The van der Waals surface area contributed by atoms with Crippen LogP contribution in [0.25, 0.3) is 0 Å². The maximum absolute atomic E-state index is 8.79. The highest BCUT2D eigenvalue weighted by atomic mass is 14.3. The number of benzene rings is 1. The van der Waals surface area contributed by atoms with E-state index in [0.717, 1.165) is 5.56 Å². The first kappa shape index (κ1) is 9.80. The van der Waals surface area contributed by atoms with Gasteiger partial charge in [-0.1, -0.05) is 12.1 Å². The molecule has 1 atom stereocenters. The molecule has 0 radical (unpaired) electrons. The molecule has 1 aromatic carbocycles. The van der Waals surface area contributed by atoms with E-state index in [1.807, 2.05) is 6.92 Å². The van der Waals surface area contributed by atoms with Gasteiger partial charge in [-0.3, -0.25) is 0 Å². The minimum Gasteiger partial charge on any atom is -0.198 e. The molecule has 0 aliphatic heterocycles. The van der Waals surface area contributed by atoms with Crippen LogP contribution < -0.4 is 0 Å². The van der Waals surface area contributed by atoms with Gasteiger partial charge in [0.05, 0.1) is 12.0 Å². The summed E-state index contributed by atoms with van der Waals surface area (Å²) in [5.41, 5.74) is 5.01. The Morgan fingerprint density at radius 3 is 2.00 bits per heavy atom. The molecule has 0 heterocycles. The van der Waals surface area contributed by atoms with Gasteiger partial charge in [0.15, 0.2) is 0 Å². The van der Waals surface area contributed by atoms with E-state index < -0.39 is 0 Å². The molecule has 1 unspecified atom stereocenters. The van der Waals surface area contributed by atoms with Gasteiger partial charge in [0, 0.05) is 0 Å². The number of hydrogen-bond donors (Lipinski definition) is 0. The summed E-state index contributed by atoms with van der Waals surface area (Å²) in [4.78, 5) is 0. The summed E-state index contributed by atoms with van der Waals surface area (Å²) < 4.78 is 0. The summed E-state index contributed by atoms with van der Waals surface area (Å²) in [6, 6.07) is 6.47. The lowest BCUT2D eigenvalue weighted by atomic mass is 9.95. The van der Waals surface area contributed by atoms with Crippen LogP contribution >= 0.6 is 0 Å². The molecular weight excluding hydrogens is 158 g/mol. The zero-order chi connectivity index (χ0) is 10.0. The lowest BCUT2D eigenvalue weighted by molar-refractivity contribution is 0.971. The van der Waals surface area contributed by atoms with Crippen molar-refractivity contribution in [3.05, 3.63) is 34.4 Å². The minimum atomic E-state index is -0.00185. The van der Waals surface area contributed by atoms with E-state index in [2.05, 4.69) is 39.0 Å². The summed E-state index contributed by atoms with van der Waals surface area (Å²) in [5.74, 6) is -0.00185. The molecule has 13 heavy (non-hydrogen) atoms. The fourth-order valence-corrected chi connectivity index (χ4v) is 1.39. The highest BCUT2D eigenvalue weighted by Gasteiger charge is 2.06. The van der Waals surface area contributed by atoms with Crippen LogP contribution in [0.3, 0.4) is 0 Å². The van der Waals surface area contributed by atoms with E-state index in [1.54, 1.807) is 0 Å². The van der Waals surface area contributed by atoms with Crippen LogP contribution in [0.2, 0.25) is 0 Å². The molecule has 0 N–H and O–H groups in total. The Bertz CT molecular complexity index is 335. The minimum absolute atomic E-state index is 0.00185. The van der Waals surface area contributed by atoms with Crippen molar-refractivity contribution in [2.24, 2.45) is 0 Å². The number of rotatable bonds is 1. The molecule has 0 bridgehead atoms. The molecule has 0 saturated carbocycles. The van der Waals surface area contributed by atoms with Crippen LogP contribution in [0.5, 0.6) is 0 Å². The lowest BCUT2D eigenvalue weighted by Gasteiger charge is -2.09. The fourth-order valence-electron chi connectivity index (χ4n) is 1.39. The van der Waals surface area contributed by atoms with Gasteiger partial charge in [-0.15, -0.1) is 0 Å². The highest BCUT2D eigenvalue weighted by Crippen LogP contribution is 2.21. The van der Waals surface area contributed by atoms with Crippen molar-refractivity contribution in [1.29, 1.82) is 5.26 Å². The quantitative estimate of drug-likeness (QED) is 0.639. The molecule has 1 rings (SSSR count). The van der Waals surface area contributed by atoms with Gasteiger partial charge in [-0.05, 0) is 49.9 Å². The number of nitriles is 1. The number of nitrogens with zero attached hydrogens (tertiary/aromatic N) is 1. The van der Waals surface area contributed by atoms with E-state index >= 15 is 0 Å². The third kappa shape index (κ3) is 1.89. The summed E-state index contributed by atoms with van der Waals surface area (Å²) in [6.07, 6.45) is 0. The molecule has 1 heteroatoms. The van der Waals surface area contributed by atoms with Gasteiger partial charge in [0.2, 0.25) is 0 Å². The first-order chi connectivity index (χ1) is 6.06. The average Bonchev–Trinajstić information content (AvgIpc) is 2.12. The van der Waals surface area contributed by atoms with Crippen molar-refractivity contribution in [2.45, 2.75) is 33.6 Å². The maximum atomic E-state index is 8.79. The van der Waals surface area contributed by atoms with Crippen molar-refractivity contribution >= 4 is 0 Å². The Kier molecular flexibility index (Phi) is 2.72. The first-order valence-corrected chi connectivity index (χ1v) is 4.53. The second-order valence-corrected chi connectivity index (χ2v) is 3.63. The van der Waals surface area contributed by atoms with Gasteiger partial charge in [-0.25, -0.2) is 0 Å². The monoisotopic (exact) mass is 173 g/mol. The molecule has 0 aliphatic carbocycles. The Hall–Kier alpha value is -1.29. The Balaban J connectivity index is 3.22. The topological polar surface area (TPSA) is 23.8 Å². The normalized spacial score (nSPS) is 12.2. The van der Waals surface area contributed by atoms with E-state index in [1.165, 1.54) is 16.7 Å². The Morgan fingerprint density at radius 2 is 1.62 bits per heavy atom. The van der Waals surface area contributed by atoms with Gasteiger partial charge >= 0.3 is 0 Å². The molecule has 0 saturated heterocycles. The van der Waals surface area contributed by atoms with Gasteiger partial charge in [-0.2, -0.15) is 5.26 Å². The van der Waals surface area contributed by atoms with Gasteiger partial charge in [0.1, 0.15) is 0 Å². The van der Waals surface area contributed by atoms with Crippen LogP contribution in [0, 0.1) is 32.1 Å². The van der Waals surface area contributed by atoms with E-state index in [9.17, 15) is 0 Å². The van der Waals surface area contributed by atoms with Crippen molar-refractivity contribution < 1.29 is 0 Å². The largest absolute Gasteiger partial charge is 0.198 e. The first-order valence-electron chi connectivity index (χ1n) is 4.53. The zero-order valence-electron chi connectivity index (χ0n) is 8.68. The van der Waals surface area contributed by atoms with Crippen LogP contribution in [0.15, 0.2) is 12.1 Å². The third-order valence-electron chi connectivity index (χ3n) is 2.64. The summed E-state index contributed by atoms with van der Waals surface area (Å²) in [5, 5.41) is 8.79. The molecule has 1 nitrogen and oxygen atoms in total. The van der Waals surface area contributed by atoms with Crippen LogP contribution in [0.4, 0.5) is 0 Å². The smallest absolute Gasteiger partial charge is 0.0700 e. The second-order valence-electron chi connectivity index (χ2n) is 3.63. The number of hydrogen-bond acceptors (Lipinski definition) is 1. The summed E-state index contributed by atoms with van der Waals surface area (Å²) in [7, 11) is 0. The van der Waals surface area contributed by atoms with Gasteiger partial charge in [0.25, 0.3) is 0 Å². The fraction of sp³-hybridized carbons (Fsp3) is 0.417. The highest BCUT2D eigenvalue weighted by molar-refractivity contribution is 5.39. The van der Waals surface area contributed by atoms with Crippen molar-refractivity contribution in [3.63, 3.8) is 0 Å². The van der Waals surface area contributed by atoms with E-state index in [0.29, 0.717) is 0 Å². The van der Waals surface area contributed by atoms with E-state index in [-0.39, 0.29) is 5.92 Å². The summed E-state index contributed by atoms with van der Waals surface area (Å²) in [6.45, 7) is 8.24. The molecule has 0 amide bonds. The van der Waals surface area contributed by atoms with Crippen LogP contribution in [0.1, 0.15) is 35.1 Å². The van der Waals surface area contributed by atoms with Crippen molar-refractivity contribution in [3.8, 4) is 6.07 Å². The molecule has 0 fully saturated rings. The standard InChI is InChI=1S/C12H15N/c1-8-5-12(10(3)7-13)6-9(2)11(8)4/h5-6,10H,1-4H3. The number of aryl methyl sites for hydroxylation is 2. The van der Waals surface area contributed by atoms with Crippen molar-refractivity contribution in [2.75, 3.05) is 0 Å². The SMILES string of the molecule is Cc1cc(C(C)C#N)cc(C)c1C. The molecule has 0 spiro atoms. The second kappa shape index (κ2) is 3.62. The molecule has 0 aromatic heterocycles. The van der Waals surface area contributed by atoms with Gasteiger partial charge < -0.3 is 0 Å².